The van der Waals surface area contributed by atoms with Crippen LogP contribution in [0.1, 0.15) is 59.3 Å². The Bertz CT molecular complexity index is 288. The summed E-state index contributed by atoms with van der Waals surface area (Å²) in [5.41, 5.74) is 0.436. The van der Waals surface area contributed by atoms with Crippen LogP contribution in [0.15, 0.2) is 0 Å². The smallest absolute Gasteiger partial charge is 0.0235 e. The second-order valence-corrected chi connectivity index (χ2v) is 7.62. The highest BCUT2D eigenvalue weighted by molar-refractivity contribution is 4.88. The first kappa shape index (κ1) is 17.2. The molecule has 0 aromatic rings. The first-order chi connectivity index (χ1) is 10.2. The Morgan fingerprint density at radius 2 is 1.86 bits per heavy atom. The van der Waals surface area contributed by atoms with Crippen LogP contribution in [0.2, 0.25) is 0 Å². The van der Waals surface area contributed by atoms with E-state index in [9.17, 15) is 0 Å². The van der Waals surface area contributed by atoms with Gasteiger partial charge in [-0.2, -0.15) is 0 Å². The molecule has 0 spiro atoms. The topological polar surface area (TPSA) is 18.5 Å². The lowest BCUT2D eigenvalue weighted by molar-refractivity contribution is 0.141. The minimum absolute atomic E-state index is 0.436. The van der Waals surface area contributed by atoms with E-state index in [1.165, 1.54) is 77.8 Å². The third kappa shape index (κ3) is 5.22. The Kier molecular flexibility index (Phi) is 6.97. The molecule has 0 bridgehead atoms. The van der Waals surface area contributed by atoms with Crippen LogP contribution in [-0.2, 0) is 0 Å². The molecule has 2 atom stereocenters. The molecule has 2 fully saturated rings. The van der Waals surface area contributed by atoms with Crippen LogP contribution in [0.4, 0.5) is 0 Å². The van der Waals surface area contributed by atoms with Crippen molar-refractivity contribution >= 4 is 0 Å². The molecule has 2 unspecified atom stereocenters. The summed E-state index contributed by atoms with van der Waals surface area (Å²) >= 11 is 0. The SMILES string of the molecule is CCCNCC(C)(CC)CN1CCC(N2CCCCC2)C1. The molecule has 1 N–H and O–H groups in total. The molecule has 0 aliphatic carbocycles. The van der Waals surface area contributed by atoms with Crippen LogP contribution in [-0.4, -0.2) is 61.7 Å². The summed E-state index contributed by atoms with van der Waals surface area (Å²) in [4.78, 5) is 5.50. The van der Waals surface area contributed by atoms with Crippen molar-refractivity contribution in [2.75, 3.05) is 45.8 Å². The summed E-state index contributed by atoms with van der Waals surface area (Å²) in [6, 6.07) is 0.843. The van der Waals surface area contributed by atoms with Gasteiger partial charge in [0.05, 0.1) is 0 Å². The number of nitrogens with one attached hydrogen (secondary N) is 1. The molecule has 3 nitrogen and oxygen atoms in total. The number of nitrogens with zero attached hydrogens (tertiary/aromatic N) is 2. The van der Waals surface area contributed by atoms with Crippen LogP contribution in [0.25, 0.3) is 0 Å². The molecule has 21 heavy (non-hydrogen) atoms. The first-order valence-electron chi connectivity index (χ1n) is 9.34. The summed E-state index contributed by atoms with van der Waals surface area (Å²) < 4.78 is 0. The lowest BCUT2D eigenvalue weighted by Gasteiger charge is -2.35. The first-order valence-corrected chi connectivity index (χ1v) is 9.34. The molecule has 2 aliphatic rings. The van der Waals surface area contributed by atoms with Crippen LogP contribution < -0.4 is 5.32 Å². The van der Waals surface area contributed by atoms with Crippen LogP contribution in [0.3, 0.4) is 0 Å². The highest BCUT2D eigenvalue weighted by atomic mass is 15.3. The fourth-order valence-corrected chi connectivity index (χ4v) is 3.94. The van der Waals surface area contributed by atoms with Gasteiger partial charge in [0, 0.05) is 25.7 Å². The lowest BCUT2D eigenvalue weighted by Crippen LogP contribution is -2.44. The van der Waals surface area contributed by atoms with Crippen molar-refractivity contribution in [3.63, 3.8) is 0 Å². The molecule has 124 valence electrons. The Labute approximate surface area is 132 Å². The Balaban J connectivity index is 1.77. The van der Waals surface area contributed by atoms with Gasteiger partial charge in [-0.05, 0) is 63.7 Å². The average Bonchev–Trinajstić information content (AvgIpc) is 2.97. The molecule has 3 heteroatoms. The highest BCUT2D eigenvalue weighted by Crippen LogP contribution is 2.26. The minimum Gasteiger partial charge on any atom is -0.316 e. The lowest BCUT2D eigenvalue weighted by atomic mass is 9.86. The highest BCUT2D eigenvalue weighted by Gasteiger charge is 2.32. The predicted octanol–water partition coefficient (Wildman–Crippen LogP) is 2.96. The van der Waals surface area contributed by atoms with Crippen molar-refractivity contribution < 1.29 is 0 Å². The van der Waals surface area contributed by atoms with E-state index in [0.29, 0.717) is 5.41 Å². The van der Waals surface area contributed by atoms with Gasteiger partial charge >= 0.3 is 0 Å². The summed E-state index contributed by atoms with van der Waals surface area (Å²) in [5.74, 6) is 0. The molecule has 0 saturated carbocycles. The van der Waals surface area contributed by atoms with Crippen molar-refractivity contribution in [2.24, 2.45) is 5.41 Å². The van der Waals surface area contributed by atoms with Gasteiger partial charge in [-0.3, -0.25) is 4.90 Å². The van der Waals surface area contributed by atoms with Crippen molar-refractivity contribution in [3.8, 4) is 0 Å². The maximum Gasteiger partial charge on any atom is 0.0235 e. The zero-order valence-electron chi connectivity index (χ0n) is 14.7. The van der Waals surface area contributed by atoms with E-state index in [1.54, 1.807) is 0 Å². The summed E-state index contributed by atoms with van der Waals surface area (Å²) in [6.07, 6.45) is 8.19. The van der Waals surface area contributed by atoms with Gasteiger partial charge in [0.25, 0.3) is 0 Å². The molecule has 0 aromatic heterocycles. The van der Waals surface area contributed by atoms with Crippen molar-refractivity contribution in [1.29, 1.82) is 0 Å². The van der Waals surface area contributed by atoms with Crippen molar-refractivity contribution in [1.82, 2.24) is 15.1 Å². The molecule has 0 aromatic carbocycles. The molecule has 2 aliphatic heterocycles. The maximum atomic E-state index is 3.64. The number of likely N-dealkylation sites (tertiary alicyclic amines) is 2. The van der Waals surface area contributed by atoms with E-state index in [0.717, 1.165) is 12.6 Å². The normalized spacial score (nSPS) is 27.9. The average molecular weight is 296 g/mol. The monoisotopic (exact) mass is 295 g/mol. The van der Waals surface area contributed by atoms with Crippen molar-refractivity contribution in [2.45, 2.75) is 65.3 Å². The van der Waals surface area contributed by atoms with Crippen LogP contribution in [0, 0.1) is 5.41 Å². The van der Waals surface area contributed by atoms with E-state index in [2.05, 4.69) is 35.9 Å². The van der Waals surface area contributed by atoms with Gasteiger partial charge in [-0.25, -0.2) is 0 Å². The third-order valence-electron chi connectivity index (χ3n) is 5.59. The standard InChI is InChI=1S/C18H37N3/c1-4-10-19-15-18(3,5-2)16-20-13-9-17(14-20)21-11-7-6-8-12-21/h17,19H,4-16H2,1-3H3. The number of hydrogen-bond donors (Lipinski definition) is 1. The second-order valence-electron chi connectivity index (χ2n) is 7.62. The molecule has 0 amide bonds. The predicted molar refractivity (Wildman–Crippen MR) is 91.8 cm³/mol. The molecule has 2 saturated heterocycles. The Morgan fingerprint density at radius 3 is 2.52 bits per heavy atom. The van der Waals surface area contributed by atoms with Crippen LogP contribution in [0.5, 0.6) is 0 Å². The number of rotatable bonds is 8. The Hall–Kier alpha value is -0.120. The fourth-order valence-electron chi connectivity index (χ4n) is 3.94. The van der Waals surface area contributed by atoms with E-state index < -0.39 is 0 Å². The Morgan fingerprint density at radius 1 is 1.10 bits per heavy atom. The van der Waals surface area contributed by atoms with E-state index in [-0.39, 0.29) is 0 Å². The van der Waals surface area contributed by atoms with E-state index >= 15 is 0 Å². The molecule has 0 radical (unpaired) electrons. The molecule has 2 rings (SSSR count). The van der Waals surface area contributed by atoms with Gasteiger partial charge in [0.2, 0.25) is 0 Å². The van der Waals surface area contributed by atoms with E-state index in [4.69, 9.17) is 0 Å². The molecule has 2 heterocycles. The van der Waals surface area contributed by atoms with Crippen LogP contribution >= 0.6 is 0 Å². The quantitative estimate of drug-likeness (QED) is 0.695. The van der Waals surface area contributed by atoms with Gasteiger partial charge in [0.1, 0.15) is 0 Å². The van der Waals surface area contributed by atoms with E-state index in [1.807, 2.05) is 0 Å². The fraction of sp³-hybridized carbons (Fsp3) is 1.00. The number of piperidine rings is 1. The third-order valence-corrected chi connectivity index (χ3v) is 5.59. The maximum absolute atomic E-state index is 3.64. The van der Waals surface area contributed by atoms with Gasteiger partial charge < -0.3 is 10.2 Å². The molecular weight excluding hydrogens is 258 g/mol. The zero-order valence-corrected chi connectivity index (χ0v) is 14.7. The minimum atomic E-state index is 0.436. The molecular formula is C18H37N3. The second kappa shape index (κ2) is 8.50. The van der Waals surface area contributed by atoms with Gasteiger partial charge in [0.15, 0.2) is 0 Å². The summed E-state index contributed by atoms with van der Waals surface area (Å²) in [6.45, 7) is 16.0. The zero-order chi connectivity index (χ0) is 15.1. The largest absolute Gasteiger partial charge is 0.316 e. The van der Waals surface area contributed by atoms with Crippen molar-refractivity contribution in [3.05, 3.63) is 0 Å². The van der Waals surface area contributed by atoms with Gasteiger partial charge in [-0.15, -0.1) is 0 Å². The summed E-state index contributed by atoms with van der Waals surface area (Å²) in [7, 11) is 0. The summed E-state index contributed by atoms with van der Waals surface area (Å²) in [5, 5.41) is 3.64. The number of hydrogen-bond acceptors (Lipinski definition) is 3. The van der Waals surface area contributed by atoms with Gasteiger partial charge in [-0.1, -0.05) is 27.2 Å².